The molecule has 0 fully saturated rings. The molecule has 3 nitrogen and oxygen atoms in total. The van der Waals surface area contributed by atoms with E-state index in [1.54, 1.807) is 0 Å². The summed E-state index contributed by atoms with van der Waals surface area (Å²) in [6.45, 7) is 0.815. The normalized spacial score (nSPS) is 14.4. The molecule has 1 aliphatic rings. The maximum Gasteiger partial charge on any atom is 0.416 e. The highest BCUT2D eigenvalue weighted by atomic mass is 32.2. The zero-order valence-electron chi connectivity index (χ0n) is 15.2. The predicted molar refractivity (Wildman–Crippen MR) is 102 cm³/mol. The molecule has 1 amide bonds. The molecule has 0 bridgehead atoms. The zero-order chi connectivity index (χ0) is 19.6. The van der Waals surface area contributed by atoms with Crippen molar-refractivity contribution in [3.8, 4) is 0 Å². The first-order valence-electron chi connectivity index (χ1n) is 8.61. The van der Waals surface area contributed by atoms with Gasteiger partial charge in [0.25, 0.3) is 0 Å². The van der Waals surface area contributed by atoms with Crippen molar-refractivity contribution in [2.45, 2.75) is 29.8 Å². The molecule has 3 rings (SSSR count). The van der Waals surface area contributed by atoms with Gasteiger partial charge in [-0.2, -0.15) is 13.2 Å². The quantitative estimate of drug-likeness (QED) is 0.747. The summed E-state index contributed by atoms with van der Waals surface area (Å²) >= 11 is 1.46. The maximum absolute atomic E-state index is 13.2. The second-order valence-electron chi connectivity index (χ2n) is 6.77. The number of benzene rings is 2. The van der Waals surface area contributed by atoms with Crippen LogP contribution in [0.5, 0.6) is 0 Å². The van der Waals surface area contributed by atoms with Crippen molar-refractivity contribution in [3.63, 3.8) is 0 Å². The number of hydrogen-bond acceptors (Lipinski definition) is 3. The van der Waals surface area contributed by atoms with Crippen LogP contribution in [0.1, 0.15) is 23.1 Å². The van der Waals surface area contributed by atoms with E-state index in [9.17, 15) is 18.0 Å². The van der Waals surface area contributed by atoms with Crippen LogP contribution in [0.2, 0.25) is 0 Å². The van der Waals surface area contributed by atoms with Gasteiger partial charge in [0.1, 0.15) is 0 Å². The van der Waals surface area contributed by atoms with E-state index in [2.05, 4.69) is 0 Å². The molecule has 0 aromatic heterocycles. The fourth-order valence-corrected chi connectivity index (χ4v) is 4.04. The number of alkyl halides is 3. The minimum atomic E-state index is -4.45. The van der Waals surface area contributed by atoms with Gasteiger partial charge < -0.3 is 9.80 Å². The number of halogens is 3. The lowest BCUT2D eigenvalue weighted by Crippen LogP contribution is -2.34. The van der Waals surface area contributed by atoms with Crippen LogP contribution in [0.4, 0.5) is 18.9 Å². The minimum Gasteiger partial charge on any atom is -0.309 e. The molecule has 0 saturated carbocycles. The predicted octanol–water partition coefficient (Wildman–Crippen LogP) is 4.80. The van der Waals surface area contributed by atoms with Crippen LogP contribution < -0.4 is 4.90 Å². The Labute approximate surface area is 161 Å². The Morgan fingerprint density at radius 1 is 1.15 bits per heavy atom. The second-order valence-corrected chi connectivity index (χ2v) is 7.79. The largest absolute Gasteiger partial charge is 0.416 e. The number of nitrogens with zero attached hydrogens (tertiary/aromatic N) is 2. The Morgan fingerprint density at radius 3 is 2.52 bits per heavy atom. The van der Waals surface area contributed by atoms with Gasteiger partial charge in [0, 0.05) is 23.6 Å². The van der Waals surface area contributed by atoms with Gasteiger partial charge in [-0.1, -0.05) is 24.3 Å². The molecule has 2 aromatic rings. The summed E-state index contributed by atoms with van der Waals surface area (Å²) in [5.74, 6) is 0.482. The number of carbonyl (C=O) groups is 1. The second kappa shape index (κ2) is 7.94. The third-order valence-electron chi connectivity index (χ3n) is 4.48. The Hall–Kier alpha value is -1.99. The van der Waals surface area contributed by atoms with E-state index in [4.69, 9.17) is 0 Å². The van der Waals surface area contributed by atoms with Crippen LogP contribution in [0.25, 0.3) is 0 Å². The first-order chi connectivity index (χ1) is 12.8. The minimum absolute atomic E-state index is 0.179. The van der Waals surface area contributed by atoms with Crippen molar-refractivity contribution < 1.29 is 18.0 Å². The van der Waals surface area contributed by atoms with E-state index < -0.39 is 11.7 Å². The van der Waals surface area contributed by atoms with E-state index in [1.165, 1.54) is 22.7 Å². The molecule has 0 unspecified atom stereocenters. The lowest BCUT2D eigenvalue weighted by molar-refractivity contribution is -0.137. The smallest absolute Gasteiger partial charge is 0.309 e. The Kier molecular flexibility index (Phi) is 5.81. The topological polar surface area (TPSA) is 23.6 Å². The first kappa shape index (κ1) is 19.8. The zero-order valence-corrected chi connectivity index (χ0v) is 16.0. The van der Waals surface area contributed by atoms with Crippen LogP contribution in [0, 0.1) is 0 Å². The molecule has 0 spiro atoms. The van der Waals surface area contributed by atoms with E-state index in [1.807, 2.05) is 43.3 Å². The van der Waals surface area contributed by atoms with Gasteiger partial charge in [-0.3, -0.25) is 4.79 Å². The summed E-state index contributed by atoms with van der Waals surface area (Å²) in [5, 5.41) is 0. The molecule has 1 heterocycles. The Morgan fingerprint density at radius 2 is 1.85 bits per heavy atom. The van der Waals surface area contributed by atoms with Crippen molar-refractivity contribution in [2.75, 3.05) is 25.5 Å². The molecule has 0 aliphatic carbocycles. The third-order valence-corrected chi connectivity index (χ3v) is 5.59. The lowest BCUT2D eigenvalue weighted by Gasteiger charge is -2.29. The number of hydrogen-bond donors (Lipinski definition) is 0. The molecular weight excluding hydrogens is 373 g/mol. The van der Waals surface area contributed by atoms with Gasteiger partial charge in [0.15, 0.2) is 0 Å². The molecule has 0 saturated heterocycles. The molecule has 1 aliphatic heterocycles. The lowest BCUT2D eigenvalue weighted by atomic mass is 10.1. The molecule has 0 N–H and O–H groups in total. The number of carbonyl (C=O) groups excluding carboxylic acids is 1. The summed E-state index contributed by atoms with van der Waals surface area (Å²) in [7, 11) is 3.73. The Bertz CT molecular complexity index is 836. The molecule has 144 valence electrons. The molecule has 2 aromatic carbocycles. The maximum atomic E-state index is 13.2. The molecular formula is C20H21F3N2OS. The van der Waals surface area contributed by atoms with Gasteiger partial charge in [-0.05, 0) is 43.4 Å². The SMILES string of the molecule is CN(C)CCC(=O)N1Cc2ccccc2CSc2ccc(C(F)(F)F)cc21. The van der Waals surface area contributed by atoms with Gasteiger partial charge in [0.2, 0.25) is 5.91 Å². The van der Waals surface area contributed by atoms with Crippen molar-refractivity contribution in [1.29, 1.82) is 0 Å². The highest BCUT2D eigenvalue weighted by Crippen LogP contribution is 2.40. The summed E-state index contributed by atoms with van der Waals surface area (Å²) in [6, 6.07) is 11.4. The number of fused-ring (bicyclic) bond motifs is 2. The van der Waals surface area contributed by atoms with Crippen molar-refractivity contribution in [2.24, 2.45) is 0 Å². The highest BCUT2D eigenvalue weighted by molar-refractivity contribution is 7.98. The van der Waals surface area contributed by atoms with Crippen molar-refractivity contribution in [1.82, 2.24) is 4.90 Å². The van der Waals surface area contributed by atoms with E-state index >= 15 is 0 Å². The van der Waals surface area contributed by atoms with Gasteiger partial charge in [-0.25, -0.2) is 0 Å². The fourth-order valence-electron chi connectivity index (χ4n) is 2.97. The standard InChI is InChI=1S/C20H21F3N2OS/c1-24(2)10-9-19(26)25-12-14-5-3-4-6-15(14)13-27-18-8-7-16(11-17(18)25)20(21,22)23/h3-8,11H,9-10,12-13H2,1-2H3. The molecule has 0 radical (unpaired) electrons. The van der Waals surface area contributed by atoms with Gasteiger partial charge in [0.05, 0.1) is 17.8 Å². The summed E-state index contributed by atoms with van der Waals surface area (Å²) in [5.41, 5.74) is 1.67. The van der Waals surface area contributed by atoms with Gasteiger partial charge >= 0.3 is 6.18 Å². The summed E-state index contributed by atoms with van der Waals surface area (Å²) in [4.78, 5) is 17.0. The highest BCUT2D eigenvalue weighted by Gasteiger charge is 2.33. The Balaban J connectivity index is 2.04. The van der Waals surface area contributed by atoms with Crippen LogP contribution in [0.15, 0.2) is 47.4 Å². The van der Waals surface area contributed by atoms with Crippen molar-refractivity contribution in [3.05, 3.63) is 59.2 Å². The number of rotatable bonds is 3. The fraction of sp³-hybridized carbons (Fsp3) is 0.350. The van der Waals surface area contributed by atoms with Crippen LogP contribution in [-0.2, 0) is 23.3 Å². The van der Waals surface area contributed by atoms with Crippen LogP contribution >= 0.6 is 11.8 Å². The van der Waals surface area contributed by atoms with Gasteiger partial charge in [-0.15, -0.1) is 11.8 Å². The number of amides is 1. The average Bonchev–Trinajstić information content (AvgIpc) is 2.60. The average molecular weight is 394 g/mol. The first-order valence-corrected chi connectivity index (χ1v) is 9.60. The summed E-state index contributed by atoms with van der Waals surface area (Å²) < 4.78 is 39.7. The molecule has 27 heavy (non-hydrogen) atoms. The van der Waals surface area contributed by atoms with Crippen LogP contribution in [0.3, 0.4) is 0 Å². The molecule has 7 heteroatoms. The van der Waals surface area contributed by atoms with E-state index in [0.29, 0.717) is 22.9 Å². The molecule has 0 atom stereocenters. The van der Waals surface area contributed by atoms with Crippen molar-refractivity contribution >= 4 is 23.4 Å². The number of anilines is 1. The van der Waals surface area contributed by atoms with E-state index in [0.717, 1.165) is 23.3 Å². The van der Waals surface area contributed by atoms with Crippen LogP contribution in [-0.4, -0.2) is 31.4 Å². The number of thioether (sulfide) groups is 1. The van der Waals surface area contributed by atoms with E-state index in [-0.39, 0.29) is 18.9 Å². The monoisotopic (exact) mass is 394 g/mol. The third kappa shape index (κ3) is 4.65. The summed E-state index contributed by atoms with van der Waals surface area (Å²) in [6.07, 6.45) is -4.20.